The summed E-state index contributed by atoms with van der Waals surface area (Å²) in [5.74, 6) is -142. The lowest BCUT2D eigenvalue weighted by molar-refractivity contribution is -0.488. The Morgan fingerprint density at radius 3 is 0.746 bits per heavy atom. The largest absolute Gasteiger partial charge is 0.513 e. The van der Waals surface area contributed by atoms with Crippen LogP contribution in [0.4, 0.5) is 144 Å². The van der Waals surface area contributed by atoms with Crippen molar-refractivity contribution in [2.45, 2.75) is 127 Å². The first-order chi connectivity index (χ1) is 25.0. The monoisotopic (exact) mass is 1000 g/mol. The second kappa shape index (κ2) is 15.2. The Kier molecular flexibility index (Phi) is 14.7. The van der Waals surface area contributed by atoms with Crippen molar-refractivity contribution in [1.82, 2.24) is 0 Å². The quantitative estimate of drug-likeness (QED) is 0.0848. The van der Waals surface area contributed by atoms with Crippen LogP contribution < -0.4 is 0 Å². The SMILES string of the molecule is CC(C)OP(=O)(F)OC(C)C(F)(F)C(F)(F)C(F)(F)C(F)(F)C(F)(F)C(F)(F)C(F)(F)C(F)(F)C(F)(F)C(F)(F)C(F)(F)C(F)(F)C(F)(F)C(F)(F)C(F)(F)C(F)SF. The Morgan fingerprint density at radius 2 is 0.559 bits per heavy atom. The third-order valence-electron chi connectivity index (χ3n) is 7.06. The van der Waals surface area contributed by atoms with Crippen LogP contribution in [0.15, 0.2) is 0 Å². The van der Waals surface area contributed by atoms with Gasteiger partial charge in [0.15, 0.2) is 0 Å². The smallest absolute Gasteiger partial charge is 0.281 e. The topological polar surface area (TPSA) is 35.5 Å². The normalized spacial score (nSPS) is 18.6. The molecule has 0 aromatic rings. The molecule has 38 heteroatoms. The number of rotatable bonds is 21. The molecule has 0 aliphatic heterocycles. The molecular weight excluding hydrogens is 990 g/mol. The van der Waals surface area contributed by atoms with Gasteiger partial charge < -0.3 is 0 Å². The van der Waals surface area contributed by atoms with Crippen molar-refractivity contribution in [2.24, 2.45) is 0 Å². The molecule has 0 saturated heterocycles. The fourth-order valence-corrected chi connectivity index (χ4v) is 4.90. The third-order valence-corrected chi connectivity index (χ3v) is 8.76. The Labute approximate surface area is 306 Å². The molecule has 0 aliphatic rings. The molecule has 0 rings (SSSR count). The molecule has 3 atom stereocenters. The Balaban J connectivity index is 7.67. The lowest BCUT2D eigenvalue weighted by atomic mass is 9.82. The number of halogens is 33. The van der Waals surface area contributed by atoms with Crippen LogP contribution in [0.25, 0.3) is 0 Å². The zero-order valence-corrected chi connectivity index (χ0v) is 28.5. The highest BCUT2D eigenvalue weighted by Gasteiger charge is 3.01. The minimum atomic E-state index is -10.2. The van der Waals surface area contributed by atoms with Gasteiger partial charge in [0.25, 0.3) is 0 Å². The van der Waals surface area contributed by atoms with Crippen molar-refractivity contribution in [2.75, 3.05) is 0 Å². The van der Waals surface area contributed by atoms with Gasteiger partial charge in [-0.1, -0.05) is 0 Å². The maximum atomic E-state index is 14.1. The Morgan fingerprint density at radius 1 is 0.373 bits per heavy atom. The van der Waals surface area contributed by atoms with Gasteiger partial charge in [-0.3, -0.25) is 9.05 Å². The van der Waals surface area contributed by atoms with E-state index < -0.39 is 134 Å². The van der Waals surface area contributed by atoms with E-state index in [0.717, 1.165) is 0 Å². The zero-order chi connectivity index (χ0) is 48.9. The average Bonchev–Trinajstić information content (AvgIpc) is 3.01. The predicted octanol–water partition coefficient (Wildman–Crippen LogP) is 13.3. The van der Waals surface area contributed by atoms with E-state index in [4.69, 9.17) is 0 Å². The molecule has 0 amide bonds. The molecule has 0 aliphatic carbocycles. The number of hydrogen-bond acceptors (Lipinski definition) is 4. The summed E-state index contributed by atoms with van der Waals surface area (Å²) in [7, 11) is -6.82. The third kappa shape index (κ3) is 7.51. The van der Waals surface area contributed by atoms with Gasteiger partial charge in [-0.15, -0.1) is 4.20 Å². The second-order valence-corrected chi connectivity index (χ2v) is 13.3. The fourth-order valence-electron chi connectivity index (χ4n) is 3.57. The van der Waals surface area contributed by atoms with Gasteiger partial charge >= 0.3 is 96.7 Å². The van der Waals surface area contributed by atoms with Crippen molar-refractivity contribution < 1.29 is 158 Å². The summed E-state index contributed by atoms with van der Waals surface area (Å²) < 4.78 is 473. The first-order valence-electron chi connectivity index (χ1n) is 13.3. The lowest BCUT2D eigenvalue weighted by Crippen LogP contribution is -2.80. The molecule has 3 unspecified atom stereocenters. The van der Waals surface area contributed by atoms with Crippen molar-refractivity contribution in [3.8, 4) is 0 Å². The van der Waals surface area contributed by atoms with E-state index in [1.807, 2.05) is 0 Å². The summed E-state index contributed by atoms with van der Waals surface area (Å²) in [6, 6.07) is 0. The highest BCUT2D eigenvalue weighted by Crippen LogP contribution is 2.70. The van der Waals surface area contributed by atoms with Crippen molar-refractivity contribution >= 4 is 20.1 Å². The van der Waals surface area contributed by atoms with Crippen molar-refractivity contribution in [1.29, 1.82) is 0 Å². The van der Waals surface area contributed by atoms with Crippen molar-refractivity contribution in [3.63, 3.8) is 0 Å². The van der Waals surface area contributed by atoms with Gasteiger partial charge in [-0.2, -0.15) is 136 Å². The lowest BCUT2D eigenvalue weighted by Gasteiger charge is -2.47. The predicted molar refractivity (Wildman–Crippen MR) is 123 cm³/mol. The van der Waals surface area contributed by atoms with Crippen LogP contribution in [0, 0.1) is 0 Å². The van der Waals surface area contributed by atoms with Gasteiger partial charge in [-0.25, -0.2) is 8.96 Å². The van der Waals surface area contributed by atoms with E-state index in [1.165, 1.54) is 0 Å². The summed E-state index contributed by atoms with van der Waals surface area (Å²) >= 11 is -2.94. The highest BCUT2D eigenvalue weighted by atomic mass is 32.2. The molecule has 0 radical (unpaired) electrons. The summed E-state index contributed by atoms with van der Waals surface area (Å²) in [6.07, 6.45) is -6.61. The van der Waals surface area contributed by atoms with E-state index >= 15 is 0 Å². The first-order valence-corrected chi connectivity index (χ1v) is 15.5. The molecule has 0 fully saturated rings. The van der Waals surface area contributed by atoms with Crippen LogP contribution in [0.1, 0.15) is 20.8 Å². The molecule has 0 saturated carbocycles. The maximum Gasteiger partial charge on any atom is 0.513 e. The molecule has 59 heavy (non-hydrogen) atoms. The van der Waals surface area contributed by atoms with Crippen LogP contribution in [0.3, 0.4) is 0 Å². The molecule has 356 valence electrons. The van der Waals surface area contributed by atoms with E-state index in [2.05, 4.69) is 9.05 Å². The summed E-state index contributed by atoms with van der Waals surface area (Å²) in [4.78, 5) is 0. The van der Waals surface area contributed by atoms with E-state index in [9.17, 15) is 149 Å². The second-order valence-electron chi connectivity index (χ2n) is 11.5. The summed E-state index contributed by atoms with van der Waals surface area (Å²) in [5, 5.41) is 0. The molecule has 0 heterocycles. The van der Waals surface area contributed by atoms with Gasteiger partial charge in [-0.05, 0) is 20.8 Å². The van der Waals surface area contributed by atoms with Gasteiger partial charge in [0.05, 0.1) is 18.3 Å². The minimum absolute atomic E-state index is 0.589. The zero-order valence-electron chi connectivity index (χ0n) is 26.8. The van der Waals surface area contributed by atoms with E-state index in [-0.39, 0.29) is 0 Å². The van der Waals surface area contributed by atoms with Crippen LogP contribution in [0.2, 0.25) is 0 Å². The Hall–Kier alpha value is -1.81. The standard InChI is InChI=1S/C21H12F33O3PS/c1-4(2)56-58(53,55)57-5(3)7(23,24)9(27,28)11(31,32)13(35,36)15(39,40)17(43,44)19(47,48)21(51,52)20(49,50)18(45,46)16(41,42)14(37,38)12(33,34)10(29,30)8(25,26)6(22)59-54/h4-6H,1-3H3. The number of hydrogen-bond donors (Lipinski definition) is 0. The molecule has 0 aromatic heterocycles. The minimum Gasteiger partial charge on any atom is -0.281 e. The van der Waals surface area contributed by atoms with Gasteiger partial charge in [0.2, 0.25) is 5.50 Å². The van der Waals surface area contributed by atoms with E-state index in [0.29, 0.717) is 13.8 Å². The molecule has 3 nitrogen and oxygen atoms in total. The van der Waals surface area contributed by atoms with Crippen LogP contribution in [0.5, 0.6) is 0 Å². The maximum absolute atomic E-state index is 14.1. The molecule has 0 spiro atoms. The molecule has 0 aromatic carbocycles. The summed E-state index contributed by atoms with van der Waals surface area (Å²) in [5.41, 5.74) is -5.70. The van der Waals surface area contributed by atoms with E-state index in [1.54, 1.807) is 0 Å². The van der Waals surface area contributed by atoms with Crippen LogP contribution in [-0.2, 0) is 13.6 Å². The fraction of sp³-hybridized carbons (Fsp3) is 1.00. The molecule has 0 bridgehead atoms. The summed E-state index contributed by atoms with van der Waals surface area (Å²) in [6.45, 7) is 0.238. The Bertz CT molecular complexity index is 1540. The van der Waals surface area contributed by atoms with Gasteiger partial charge in [0.1, 0.15) is 6.10 Å². The van der Waals surface area contributed by atoms with Gasteiger partial charge in [0, 0.05) is 0 Å². The van der Waals surface area contributed by atoms with Crippen molar-refractivity contribution in [3.05, 3.63) is 0 Å². The average molecular weight is 1000 g/mol. The first kappa shape index (κ1) is 57.2. The highest BCUT2D eigenvalue weighted by molar-refractivity contribution is 7.94. The number of alkyl halides is 31. The van der Waals surface area contributed by atoms with Crippen LogP contribution in [-0.4, -0.2) is 107 Å². The molecular formula is C21H12F33O3PS. The molecule has 0 N–H and O–H groups in total. The van der Waals surface area contributed by atoms with Crippen LogP contribution >= 0.6 is 20.1 Å².